The predicted molar refractivity (Wildman–Crippen MR) is 94.8 cm³/mol. The largest absolute Gasteiger partial charge is 0.465 e. The number of esters is 1. The smallest absolute Gasteiger partial charge is 0.337 e. The Hall–Kier alpha value is -3.15. The van der Waals surface area contributed by atoms with Crippen LogP contribution in [0.1, 0.15) is 44.4 Å². The van der Waals surface area contributed by atoms with E-state index in [1.807, 2.05) is 6.92 Å². The van der Waals surface area contributed by atoms with E-state index in [0.29, 0.717) is 28.9 Å². The number of hydrogen-bond acceptors (Lipinski definition) is 4. The first kappa shape index (κ1) is 18.2. The number of ether oxygens (including phenoxy) is 1. The lowest BCUT2D eigenvalue weighted by atomic mass is 10.1. The highest BCUT2D eigenvalue weighted by atomic mass is 16.5. The lowest BCUT2D eigenvalue weighted by molar-refractivity contribution is 0.0600. The molecule has 0 spiro atoms. The molecule has 0 heterocycles. The highest BCUT2D eigenvalue weighted by molar-refractivity contribution is 6.09. The third kappa shape index (κ3) is 4.67. The van der Waals surface area contributed by atoms with Crippen molar-refractivity contribution >= 4 is 23.5 Å². The Morgan fingerprint density at radius 1 is 0.920 bits per heavy atom. The van der Waals surface area contributed by atoms with Crippen molar-refractivity contribution in [3.05, 3.63) is 65.2 Å². The minimum atomic E-state index is -0.468. The predicted octanol–water partition coefficient (Wildman–Crippen LogP) is 2.87. The van der Waals surface area contributed by atoms with Crippen molar-refractivity contribution in [3.8, 4) is 0 Å². The maximum atomic E-state index is 12.4. The number of amides is 2. The molecule has 0 aromatic heterocycles. The third-order valence-electron chi connectivity index (χ3n) is 3.52. The molecule has 130 valence electrons. The van der Waals surface area contributed by atoms with Crippen LogP contribution in [0.3, 0.4) is 0 Å². The molecule has 2 aromatic rings. The van der Waals surface area contributed by atoms with Crippen LogP contribution in [0.2, 0.25) is 0 Å². The summed E-state index contributed by atoms with van der Waals surface area (Å²) in [5, 5.41) is 5.52. The maximum absolute atomic E-state index is 12.4. The van der Waals surface area contributed by atoms with Gasteiger partial charge in [0.05, 0.1) is 23.9 Å². The molecule has 0 saturated carbocycles. The molecule has 0 bridgehead atoms. The fourth-order valence-corrected chi connectivity index (χ4v) is 2.19. The summed E-state index contributed by atoms with van der Waals surface area (Å²) in [7, 11) is 1.30. The van der Waals surface area contributed by atoms with Gasteiger partial charge in [-0.3, -0.25) is 9.59 Å². The maximum Gasteiger partial charge on any atom is 0.337 e. The lowest BCUT2D eigenvalue weighted by Gasteiger charge is -2.11. The third-order valence-corrected chi connectivity index (χ3v) is 3.52. The molecule has 0 atom stereocenters. The van der Waals surface area contributed by atoms with Gasteiger partial charge < -0.3 is 15.4 Å². The van der Waals surface area contributed by atoms with Crippen LogP contribution < -0.4 is 10.6 Å². The van der Waals surface area contributed by atoms with Crippen LogP contribution in [-0.4, -0.2) is 31.4 Å². The SMILES string of the molecule is CCCNC(=O)c1ccccc1NC(=O)c1ccc(C(=O)OC)cc1. The normalized spacial score (nSPS) is 10.0. The fraction of sp³-hybridized carbons (Fsp3) is 0.211. The number of para-hydroxylation sites is 1. The summed E-state index contributed by atoms with van der Waals surface area (Å²) in [6.07, 6.45) is 0.826. The van der Waals surface area contributed by atoms with E-state index in [9.17, 15) is 14.4 Å². The molecule has 0 unspecified atom stereocenters. The average Bonchev–Trinajstić information content (AvgIpc) is 2.66. The topological polar surface area (TPSA) is 84.5 Å². The first-order chi connectivity index (χ1) is 12.1. The second-order valence-electron chi connectivity index (χ2n) is 5.32. The van der Waals surface area contributed by atoms with Crippen molar-refractivity contribution in [2.24, 2.45) is 0 Å². The van der Waals surface area contributed by atoms with Crippen LogP contribution >= 0.6 is 0 Å². The Morgan fingerprint density at radius 3 is 2.20 bits per heavy atom. The minimum Gasteiger partial charge on any atom is -0.465 e. The summed E-state index contributed by atoms with van der Waals surface area (Å²) in [5.74, 6) is -1.07. The molecule has 0 aliphatic rings. The Morgan fingerprint density at radius 2 is 1.56 bits per heavy atom. The molecule has 0 fully saturated rings. The van der Waals surface area contributed by atoms with E-state index < -0.39 is 5.97 Å². The summed E-state index contributed by atoms with van der Waals surface area (Å²) < 4.78 is 4.62. The molecule has 6 heteroatoms. The Balaban J connectivity index is 2.15. The zero-order valence-corrected chi connectivity index (χ0v) is 14.2. The van der Waals surface area contributed by atoms with Crippen molar-refractivity contribution in [1.29, 1.82) is 0 Å². The van der Waals surface area contributed by atoms with Gasteiger partial charge in [-0.25, -0.2) is 4.79 Å². The summed E-state index contributed by atoms with van der Waals surface area (Å²) >= 11 is 0. The molecule has 6 nitrogen and oxygen atoms in total. The molecule has 0 aliphatic heterocycles. The number of carbonyl (C=O) groups excluding carboxylic acids is 3. The van der Waals surface area contributed by atoms with Crippen molar-refractivity contribution in [1.82, 2.24) is 5.32 Å². The van der Waals surface area contributed by atoms with E-state index in [2.05, 4.69) is 15.4 Å². The van der Waals surface area contributed by atoms with E-state index in [1.165, 1.54) is 31.4 Å². The zero-order chi connectivity index (χ0) is 18.2. The van der Waals surface area contributed by atoms with Gasteiger partial charge >= 0.3 is 5.97 Å². The molecule has 0 radical (unpaired) electrons. The van der Waals surface area contributed by atoms with E-state index >= 15 is 0 Å². The van der Waals surface area contributed by atoms with Crippen molar-refractivity contribution in [3.63, 3.8) is 0 Å². The van der Waals surface area contributed by atoms with Gasteiger partial charge in [0.15, 0.2) is 0 Å². The molecule has 2 aromatic carbocycles. The van der Waals surface area contributed by atoms with E-state index in [-0.39, 0.29) is 11.8 Å². The van der Waals surface area contributed by atoms with Crippen molar-refractivity contribution in [2.45, 2.75) is 13.3 Å². The zero-order valence-electron chi connectivity index (χ0n) is 14.2. The number of nitrogens with one attached hydrogen (secondary N) is 2. The molecule has 25 heavy (non-hydrogen) atoms. The van der Waals surface area contributed by atoms with Crippen molar-refractivity contribution < 1.29 is 19.1 Å². The number of carbonyl (C=O) groups is 3. The second-order valence-corrected chi connectivity index (χ2v) is 5.32. The minimum absolute atomic E-state index is 0.237. The number of anilines is 1. The molecular weight excluding hydrogens is 320 g/mol. The number of benzene rings is 2. The van der Waals surface area contributed by atoms with Crippen LogP contribution in [0.15, 0.2) is 48.5 Å². The van der Waals surface area contributed by atoms with Gasteiger partial charge in [-0.05, 0) is 42.8 Å². The summed E-state index contributed by atoms with van der Waals surface area (Å²) in [6.45, 7) is 2.53. The van der Waals surface area contributed by atoms with Crippen LogP contribution in [0.25, 0.3) is 0 Å². The standard InChI is InChI=1S/C19H20N2O4/c1-3-12-20-18(23)15-6-4-5-7-16(15)21-17(22)13-8-10-14(11-9-13)19(24)25-2/h4-11H,3,12H2,1-2H3,(H,20,23)(H,21,22). The molecule has 2 rings (SSSR count). The summed E-state index contributed by atoms with van der Waals surface area (Å²) in [6, 6.07) is 12.9. The summed E-state index contributed by atoms with van der Waals surface area (Å²) in [5.41, 5.74) is 1.56. The van der Waals surface area contributed by atoms with Crippen molar-refractivity contribution in [2.75, 3.05) is 19.0 Å². The molecule has 2 N–H and O–H groups in total. The van der Waals surface area contributed by atoms with Gasteiger partial charge in [0, 0.05) is 12.1 Å². The number of hydrogen-bond donors (Lipinski definition) is 2. The average molecular weight is 340 g/mol. The van der Waals surface area contributed by atoms with E-state index in [0.717, 1.165) is 6.42 Å². The van der Waals surface area contributed by atoms with Crippen LogP contribution in [0, 0.1) is 0 Å². The quantitative estimate of drug-likeness (QED) is 0.792. The molecule has 0 saturated heterocycles. The second kappa shape index (κ2) is 8.63. The first-order valence-corrected chi connectivity index (χ1v) is 7.93. The van der Waals surface area contributed by atoms with Gasteiger partial charge in [-0.15, -0.1) is 0 Å². The first-order valence-electron chi connectivity index (χ1n) is 7.93. The van der Waals surface area contributed by atoms with Gasteiger partial charge in [-0.1, -0.05) is 19.1 Å². The molecule has 0 aliphatic carbocycles. The van der Waals surface area contributed by atoms with E-state index in [1.54, 1.807) is 24.3 Å². The van der Waals surface area contributed by atoms with Crippen LogP contribution in [0.5, 0.6) is 0 Å². The van der Waals surface area contributed by atoms with Crippen LogP contribution in [-0.2, 0) is 4.74 Å². The van der Waals surface area contributed by atoms with Gasteiger partial charge in [-0.2, -0.15) is 0 Å². The number of methoxy groups -OCH3 is 1. The van der Waals surface area contributed by atoms with Crippen LogP contribution in [0.4, 0.5) is 5.69 Å². The Labute approximate surface area is 146 Å². The highest BCUT2D eigenvalue weighted by Crippen LogP contribution is 2.16. The van der Waals surface area contributed by atoms with Gasteiger partial charge in [0.2, 0.25) is 0 Å². The van der Waals surface area contributed by atoms with E-state index in [4.69, 9.17) is 0 Å². The number of rotatable bonds is 6. The highest BCUT2D eigenvalue weighted by Gasteiger charge is 2.14. The molecule has 2 amide bonds. The Bertz CT molecular complexity index is 769. The molecular formula is C19H20N2O4. The van der Waals surface area contributed by atoms with Gasteiger partial charge in [0.25, 0.3) is 11.8 Å². The van der Waals surface area contributed by atoms with Gasteiger partial charge in [0.1, 0.15) is 0 Å². The Kier molecular flexibility index (Phi) is 6.28. The lowest BCUT2D eigenvalue weighted by Crippen LogP contribution is -2.25. The monoisotopic (exact) mass is 340 g/mol. The fourth-order valence-electron chi connectivity index (χ4n) is 2.19. The summed E-state index contributed by atoms with van der Waals surface area (Å²) in [4.78, 5) is 36.0.